The van der Waals surface area contributed by atoms with Gasteiger partial charge < -0.3 is 11.1 Å². The molecule has 0 aliphatic rings. The Bertz CT molecular complexity index is 798. The van der Waals surface area contributed by atoms with Gasteiger partial charge >= 0.3 is 0 Å². The molecule has 0 bridgehead atoms. The first-order valence-corrected chi connectivity index (χ1v) is 6.18. The predicted octanol–water partition coefficient (Wildman–Crippen LogP) is 2.45. The first kappa shape index (κ1) is 12.4. The largest absolute Gasteiger partial charge is 0.383 e. The molecule has 0 radical (unpaired) electrons. The number of nitrogens with one attached hydrogen (secondary N) is 2. The highest BCUT2D eigenvalue weighted by molar-refractivity contribution is 6.38. The number of nitrogens with zero attached hydrogens (tertiary/aromatic N) is 2. The van der Waals surface area contributed by atoms with Gasteiger partial charge in [-0.05, 0) is 24.3 Å². The molecule has 4 N–H and O–H groups in total. The van der Waals surface area contributed by atoms with Gasteiger partial charge in [-0.2, -0.15) is 5.10 Å². The van der Waals surface area contributed by atoms with Crippen molar-refractivity contribution in [1.82, 2.24) is 15.2 Å². The maximum absolute atomic E-state index is 12.1. The van der Waals surface area contributed by atoms with Gasteiger partial charge in [-0.3, -0.25) is 9.89 Å². The maximum Gasteiger partial charge on any atom is 0.259 e. The van der Waals surface area contributed by atoms with Gasteiger partial charge in [0.05, 0.1) is 28.0 Å². The first-order chi connectivity index (χ1) is 9.66. The summed E-state index contributed by atoms with van der Waals surface area (Å²) in [7, 11) is 0. The summed E-state index contributed by atoms with van der Waals surface area (Å²) in [4.78, 5) is 16.0. The predicted molar refractivity (Wildman–Crippen MR) is 77.7 cm³/mol. The van der Waals surface area contributed by atoms with Crippen LogP contribution in [0.3, 0.4) is 0 Å². The third-order valence-electron chi connectivity index (χ3n) is 2.89. The van der Waals surface area contributed by atoms with Crippen molar-refractivity contribution in [3.05, 3.63) is 47.2 Å². The highest BCUT2D eigenvalue weighted by atomic mass is 35.5. The number of fused-ring (bicyclic) bond motifs is 1. The molecule has 0 atom stereocenters. The van der Waals surface area contributed by atoms with Crippen LogP contribution < -0.4 is 11.1 Å². The second-order valence-electron chi connectivity index (χ2n) is 4.15. The number of pyridine rings is 1. The van der Waals surface area contributed by atoms with E-state index in [9.17, 15) is 4.79 Å². The molecule has 2 heterocycles. The summed E-state index contributed by atoms with van der Waals surface area (Å²) in [5.41, 5.74) is 7.26. The van der Waals surface area contributed by atoms with Gasteiger partial charge in [-0.15, -0.1) is 0 Å². The molecule has 3 rings (SSSR count). The Morgan fingerprint density at radius 1 is 1.35 bits per heavy atom. The van der Waals surface area contributed by atoms with E-state index in [1.54, 1.807) is 30.5 Å². The number of aromatic nitrogens is 3. The number of carbonyl (C=O) groups excluding carboxylic acids is 1. The molecule has 20 heavy (non-hydrogen) atoms. The first-order valence-electron chi connectivity index (χ1n) is 5.80. The molecule has 3 aromatic rings. The number of hydrogen-bond donors (Lipinski definition) is 3. The Kier molecular flexibility index (Phi) is 3.00. The van der Waals surface area contributed by atoms with E-state index in [4.69, 9.17) is 17.3 Å². The zero-order valence-electron chi connectivity index (χ0n) is 10.2. The van der Waals surface area contributed by atoms with Gasteiger partial charge in [0.25, 0.3) is 5.91 Å². The van der Waals surface area contributed by atoms with Crippen molar-refractivity contribution in [3.8, 4) is 0 Å². The summed E-state index contributed by atoms with van der Waals surface area (Å²) in [5, 5.41) is 10.6. The molecular formula is C13H10ClN5O. The van der Waals surface area contributed by atoms with E-state index in [0.717, 1.165) is 10.9 Å². The fourth-order valence-corrected chi connectivity index (χ4v) is 2.14. The van der Waals surface area contributed by atoms with Gasteiger partial charge in [0.1, 0.15) is 5.82 Å². The second-order valence-corrected chi connectivity index (χ2v) is 4.53. The number of nitrogen functional groups attached to an aromatic ring is 1. The Morgan fingerprint density at radius 2 is 2.20 bits per heavy atom. The molecule has 2 aromatic heterocycles. The van der Waals surface area contributed by atoms with Crippen molar-refractivity contribution in [2.24, 2.45) is 0 Å². The van der Waals surface area contributed by atoms with Gasteiger partial charge in [-0.25, -0.2) is 4.98 Å². The number of nitrogens with two attached hydrogens (primary N) is 1. The molecule has 1 amide bonds. The normalized spacial score (nSPS) is 10.7. The van der Waals surface area contributed by atoms with Gasteiger partial charge in [0.2, 0.25) is 0 Å². The lowest BCUT2D eigenvalue weighted by atomic mass is 10.2. The Balaban J connectivity index is 1.95. The smallest absolute Gasteiger partial charge is 0.259 e. The van der Waals surface area contributed by atoms with E-state index in [1.165, 1.54) is 6.20 Å². The van der Waals surface area contributed by atoms with Crippen LogP contribution in [0.5, 0.6) is 0 Å². The highest BCUT2D eigenvalue weighted by Crippen LogP contribution is 2.30. The number of aromatic amines is 1. The van der Waals surface area contributed by atoms with Crippen LogP contribution >= 0.6 is 11.6 Å². The molecule has 0 aliphatic heterocycles. The number of halogens is 1. The molecule has 1 aromatic carbocycles. The summed E-state index contributed by atoms with van der Waals surface area (Å²) >= 11 is 6.23. The monoisotopic (exact) mass is 287 g/mol. The summed E-state index contributed by atoms with van der Waals surface area (Å²) in [6, 6.07) is 6.73. The molecule has 0 saturated carbocycles. The van der Waals surface area contributed by atoms with E-state index < -0.39 is 0 Å². The number of benzene rings is 1. The fourth-order valence-electron chi connectivity index (χ4n) is 1.88. The third-order valence-corrected chi connectivity index (χ3v) is 3.30. The average molecular weight is 288 g/mol. The molecule has 0 spiro atoms. The minimum absolute atomic E-state index is 0.172. The molecule has 7 heteroatoms. The summed E-state index contributed by atoms with van der Waals surface area (Å²) in [6.07, 6.45) is 3.13. The van der Waals surface area contributed by atoms with Crippen LogP contribution in [0.15, 0.2) is 36.7 Å². The van der Waals surface area contributed by atoms with Gasteiger partial charge in [0, 0.05) is 11.6 Å². The van der Waals surface area contributed by atoms with Crippen molar-refractivity contribution < 1.29 is 4.79 Å². The molecule has 0 fully saturated rings. The van der Waals surface area contributed by atoms with Crippen molar-refractivity contribution in [2.75, 3.05) is 11.1 Å². The molecule has 6 nitrogen and oxygen atoms in total. The van der Waals surface area contributed by atoms with Crippen molar-refractivity contribution in [2.45, 2.75) is 0 Å². The van der Waals surface area contributed by atoms with E-state index in [0.29, 0.717) is 16.3 Å². The maximum atomic E-state index is 12.1. The number of H-pyrrole nitrogens is 1. The minimum Gasteiger partial charge on any atom is -0.383 e. The topological polar surface area (TPSA) is 96.7 Å². The second kappa shape index (κ2) is 4.82. The number of carbonyl (C=O) groups is 1. The molecule has 100 valence electrons. The SMILES string of the molecule is Nc1ncccc1C(=O)Nc1ccc2[nH]ncc2c1Cl. The average Bonchev–Trinajstić information content (AvgIpc) is 2.91. The Hall–Kier alpha value is -2.60. The number of rotatable bonds is 2. The zero-order valence-corrected chi connectivity index (χ0v) is 11.0. The van der Waals surface area contributed by atoms with Crippen LogP contribution in [0, 0.1) is 0 Å². The summed E-state index contributed by atoms with van der Waals surface area (Å²) < 4.78 is 0. The zero-order chi connectivity index (χ0) is 14.1. The molecule has 0 saturated heterocycles. The van der Waals surface area contributed by atoms with E-state index >= 15 is 0 Å². The number of amides is 1. The Morgan fingerprint density at radius 3 is 3.00 bits per heavy atom. The van der Waals surface area contributed by atoms with Gasteiger partial charge in [0.15, 0.2) is 0 Å². The third kappa shape index (κ3) is 2.06. The van der Waals surface area contributed by atoms with Crippen LogP contribution in [-0.4, -0.2) is 21.1 Å². The number of hydrogen-bond acceptors (Lipinski definition) is 4. The molecule has 0 aliphatic carbocycles. The summed E-state index contributed by atoms with van der Waals surface area (Å²) in [5.74, 6) is -0.189. The van der Waals surface area contributed by atoms with Crippen molar-refractivity contribution in [1.29, 1.82) is 0 Å². The van der Waals surface area contributed by atoms with Crippen molar-refractivity contribution >= 4 is 39.9 Å². The van der Waals surface area contributed by atoms with E-state index in [-0.39, 0.29) is 11.7 Å². The lowest BCUT2D eigenvalue weighted by Gasteiger charge is -2.08. The lowest BCUT2D eigenvalue weighted by Crippen LogP contribution is -2.14. The van der Waals surface area contributed by atoms with E-state index in [1.807, 2.05) is 0 Å². The van der Waals surface area contributed by atoms with Crippen LogP contribution in [0.25, 0.3) is 10.9 Å². The van der Waals surface area contributed by atoms with Crippen LogP contribution in [-0.2, 0) is 0 Å². The lowest BCUT2D eigenvalue weighted by molar-refractivity contribution is 0.102. The molecular weight excluding hydrogens is 278 g/mol. The molecule has 0 unspecified atom stereocenters. The quantitative estimate of drug-likeness (QED) is 0.674. The summed E-state index contributed by atoms with van der Waals surface area (Å²) in [6.45, 7) is 0. The number of anilines is 2. The van der Waals surface area contributed by atoms with Crippen LogP contribution in [0.1, 0.15) is 10.4 Å². The van der Waals surface area contributed by atoms with E-state index in [2.05, 4.69) is 20.5 Å². The van der Waals surface area contributed by atoms with Crippen LogP contribution in [0.4, 0.5) is 11.5 Å². The van der Waals surface area contributed by atoms with Gasteiger partial charge in [-0.1, -0.05) is 11.6 Å². The minimum atomic E-state index is -0.361. The standard InChI is InChI=1S/C13H10ClN5O/c14-11-8-6-17-19-9(8)3-4-10(11)18-13(20)7-2-1-5-16-12(7)15/h1-6H,(H2,15,16)(H,17,19)(H,18,20). The van der Waals surface area contributed by atoms with Crippen LogP contribution in [0.2, 0.25) is 5.02 Å². The fraction of sp³-hybridized carbons (Fsp3) is 0. The highest BCUT2D eigenvalue weighted by Gasteiger charge is 2.13. The Labute approximate surface area is 119 Å². The van der Waals surface area contributed by atoms with Crippen molar-refractivity contribution in [3.63, 3.8) is 0 Å².